The van der Waals surface area contributed by atoms with Gasteiger partial charge in [-0.05, 0) is 42.9 Å². The first-order valence-electron chi connectivity index (χ1n) is 6.45. The zero-order valence-electron chi connectivity index (χ0n) is 10.5. The van der Waals surface area contributed by atoms with Crippen LogP contribution in [-0.2, 0) is 6.42 Å². The normalized spacial score (nSPS) is 21.3. The molecule has 1 aromatic carbocycles. The average molecular weight is 292 g/mol. The van der Waals surface area contributed by atoms with Crippen LogP contribution in [-0.4, -0.2) is 12.0 Å². The van der Waals surface area contributed by atoms with Gasteiger partial charge in [0.1, 0.15) is 5.82 Å². The maximum atomic E-state index is 13.1. The summed E-state index contributed by atoms with van der Waals surface area (Å²) in [5.74, 6) is -2.89. The van der Waals surface area contributed by atoms with Gasteiger partial charge in [0.2, 0.25) is 5.92 Å². The van der Waals surface area contributed by atoms with E-state index in [1.807, 2.05) is 0 Å². The van der Waals surface area contributed by atoms with Crippen LogP contribution in [0.15, 0.2) is 18.2 Å². The highest BCUT2D eigenvalue weighted by Crippen LogP contribution is 2.37. The molecule has 1 fully saturated rings. The van der Waals surface area contributed by atoms with E-state index in [-0.39, 0.29) is 29.8 Å². The summed E-state index contributed by atoms with van der Waals surface area (Å²) in [6.45, 7) is 0. The third kappa shape index (κ3) is 3.86. The molecule has 106 valence electrons. The minimum Gasteiger partial charge on any atom is -0.327 e. The van der Waals surface area contributed by atoms with E-state index in [1.54, 1.807) is 12.1 Å². The van der Waals surface area contributed by atoms with E-state index in [0.717, 1.165) is 5.56 Å². The van der Waals surface area contributed by atoms with E-state index in [0.29, 0.717) is 19.3 Å². The monoisotopic (exact) mass is 291 g/mol. The van der Waals surface area contributed by atoms with Crippen LogP contribution in [0.2, 0.25) is 5.02 Å². The summed E-state index contributed by atoms with van der Waals surface area (Å²) >= 11 is 5.71. The van der Waals surface area contributed by atoms with Gasteiger partial charge in [0, 0.05) is 18.9 Å². The first-order valence-corrected chi connectivity index (χ1v) is 6.82. The van der Waals surface area contributed by atoms with Crippen molar-refractivity contribution in [3.63, 3.8) is 0 Å². The van der Waals surface area contributed by atoms with E-state index in [9.17, 15) is 13.2 Å². The van der Waals surface area contributed by atoms with Crippen molar-refractivity contribution in [3.8, 4) is 0 Å². The van der Waals surface area contributed by atoms with Gasteiger partial charge in [-0.25, -0.2) is 13.2 Å². The molecule has 19 heavy (non-hydrogen) atoms. The fourth-order valence-electron chi connectivity index (χ4n) is 2.60. The molecule has 0 aromatic heterocycles. The number of alkyl halides is 2. The maximum absolute atomic E-state index is 13.1. The van der Waals surface area contributed by atoms with Crippen LogP contribution in [0.1, 0.15) is 31.2 Å². The van der Waals surface area contributed by atoms with Crippen molar-refractivity contribution in [2.75, 3.05) is 0 Å². The lowest BCUT2D eigenvalue weighted by atomic mass is 9.80. The Hall–Kier alpha value is -0.740. The standard InChI is InChI=1S/C14H17ClF3N/c15-11-7-9(1-2-12(11)16)8-13(19)10-3-5-14(17,18)6-4-10/h1-2,7,10,13H,3-6,8,19H2. The third-order valence-corrected chi connectivity index (χ3v) is 4.11. The number of hydrogen-bond donors (Lipinski definition) is 1. The highest BCUT2D eigenvalue weighted by atomic mass is 35.5. The molecule has 0 heterocycles. The number of rotatable bonds is 3. The SMILES string of the molecule is NC(Cc1ccc(F)c(Cl)c1)C1CCC(F)(F)CC1. The molecule has 1 saturated carbocycles. The Kier molecular flexibility index (Phi) is 4.41. The van der Waals surface area contributed by atoms with E-state index in [4.69, 9.17) is 17.3 Å². The zero-order chi connectivity index (χ0) is 14.0. The molecule has 1 aliphatic rings. The molecule has 1 nitrogen and oxygen atoms in total. The molecule has 0 saturated heterocycles. The lowest BCUT2D eigenvalue weighted by Gasteiger charge is -2.32. The number of nitrogens with two attached hydrogens (primary N) is 1. The summed E-state index contributed by atoms with van der Waals surface area (Å²) in [6.07, 6.45) is 1.26. The van der Waals surface area contributed by atoms with E-state index < -0.39 is 11.7 Å². The molecule has 1 atom stereocenters. The summed E-state index contributed by atoms with van der Waals surface area (Å²) in [7, 11) is 0. The van der Waals surface area contributed by atoms with Crippen molar-refractivity contribution < 1.29 is 13.2 Å². The number of benzene rings is 1. The Bertz CT molecular complexity index is 440. The number of hydrogen-bond acceptors (Lipinski definition) is 1. The van der Waals surface area contributed by atoms with Crippen LogP contribution in [0.25, 0.3) is 0 Å². The molecule has 5 heteroatoms. The molecule has 1 aromatic rings. The van der Waals surface area contributed by atoms with Gasteiger partial charge in [-0.2, -0.15) is 0 Å². The summed E-state index contributed by atoms with van der Waals surface area (Å²) in [5.41, 5.74) is 6.92. The van der Waals surface area contributed by atoms with Gasteiger partial charge in [-0.3, -0.25) is 0 Å². The van der Waals surface area contributed by atoms with Crippen molar-refractivity contribution in [1.82, 2.24) is 0 Å². The van der Waals surface area contributed by atoms with Gasteiger partial charge in [-0.15, -0.1) is 0 Å². The van der Waals surface area contributed by atoms with E-state index in [1.165, 1.54) is 6.07 Å². The van der Waals surface area contributed by atoms with Crippen LogP contribution in [0.4, 0.5) is 13.2 Å². The van der Waals surface area contributed by atoms with Crippen molar-refractivity contribution >= 4 is 11.6 Å². The number of halogens is 4. The molecule has 0 spiro atoms. The van der Waals surface area contributed by atoms with Crippen LogP contribution < -0.4 is 5.73 Å². The van der Waals surface area contributed by atoms with E-state index in [2.05, 4.69) is 0 Å². The third-order valence-electron chi connectivity index (χ3n) is 3.82. The second-order valence-electron chi connectivity index (χ2n) is 5.31. The van der Waals surface area contributed by atoms with Gasteiger partial charge in [0.25, 0.3) is 0 Å². The van der Waals surface area contributed by atoms with Crippen molar-refractivity contribution in [2.24, 2.45) is 11.7 Å². The second kappa shape index (κ2) is 5.71. The molecule has 0 aliphatic heterocycles. The van der Waals surface area contributed by atoms with Gasteiger partial charge in [-0.1, -0.05) is 17.7 Å². The quantitative estimate of drug-likeness (QED) is 0.888. The Morgan fingerprint density at radius 3 is 2.53 bits per heavy atom. The average Bonchev–Trinajstić information content (AvgIpc) is 2.33. The van der Waals surface area contributed by atoms with Crippen molar-refractivity contribution in [1.29, 1.82) is 0 Å². The molecule has 0 radical (unpaired) electrons. The Morgan fingerprint density at radius 1 is 1.32 bits per heavy atom. The predicted octanol–water partition coefficient (Wildman–Crippen LogP) is 4.17. The maximum Gasteiger partial charge on any atom is 0.248 e. The molecular weight excluding hydrogens is 275 g/mol. The van der Waals surface area contributed by atoms with Crippen molar-refractivity contribution in [2.45, 2.75) is 44.1 Å². The van der Waals surface area contributed by atoms with Crippen LogP contribution in [0.3, 0.4) is 0 Å². The highest BCUT2D eigenvalue weighted by molar-refractivity contribution is 6.30. The predicted molar refractivity (Wildman–Crippen MR) is 70.0 cm³/mol. The molecule has 0 amide bonds. The van der Waals surface area contributed by atoms with Gasteiger partial charge < -0.3 is 5.73 Å². The zero-order valence-corrected chi connectivity index (χ0v) is 11.3. The molecule has 0 bridgehead atoms. The van der Waals surface area contributed by atoms with Crippen LogP contribution in [0.5, 0.6) is 0 Å². The molecular formula is C14H17ClF3N. The largest absolute Gasteiger partial charge is 0.327 e. The van der Waals surface area contributed by atoms with Gasteiger partial charge >= 0.3 is 0 Å². The lowest BCUT2D eigenvalue weighted by Crippen LogP contribution is -2.37. The second-order valence-corrected chi connectivity index (χ2v) is 5.72. The summed E-state index contributed by atoms with van der Waals surface area (Å²) in [6, 6.07) is 4.31. The Balaban J connectivity index is 1.94. The minimum absolute atomic E-state index is 0.0693. The molecule has 2 rings (SSSR count). The van der Waals surface area contributed by atoms with Crippen LogP contribution >= 0.6 is 11.6 Å². The Morgan fingerprint density at radius 2 is 1.95 bits per heavy atom. The molecule has 2 N–H and O–H groups in total. The summed E-state index contributed by atoms with van der Waals surface area (Å²) in [4.78, 5) is 0. The first kappa shape index (κ1) is 14.7. The fourth-order valence-corrected chi connectivity index (χ4v) is 2.80. The highest BCUT2D eigenvalue weighted by Gasteiger charge is 2.36. The van der Waals surface area contributed by atoms with Gasteiger partial charge in [0.15, 0.2) is 0 Å². The molecule has 1 aliphatic carbocycles. The minimum atomic E-state index is -2.53. The summed E-state index contributed by atoms with van der Waals surface area (Å²) < 4.78 is 39.2. The smallest absolute Gasteiger partial charge is 0.248 e. The molecule has 1 unspecified atom stereocenters. The van der Waals surface area contributed by atoms with Gasteiger partial charge in [0.05, 0.1) is 5.02 Å². The van der Waals surface area contributed by atoms with Crippen LogP contribution in [0, 0.1) is 11.7 Å². The lowest BCUT2D eigenvalue weighted by molar-refractivity contribution is -0.0481. The fraction of sp³-hybridized carbons (Fsp3) is 0.571. The van der Waals surface area contributed by atoms with Crippen molar-refractivity contribution in [3.05, 3.63) is 34.6 Å². The first-order chi connectivity index (χ1) is 8.87. The van der Waals surface area contributed by atoms with E-state index >= 15 is 0 Å². The topological polar surface area (TPSA) is 26.0 Å². The Labute approximate surface area is 115 Å². The summed E-state index contributed by atoms with van der Waals surface area (Å²) in [5, 5.41) is 0.0693.